The maximum absolute atomic E-state index is 14.6. The zero-order valence-corrected chi connectivity index (χ0v) is 29.6. The number of rotatable bonds is 8. The summed E-state index contributed by atoms with van der Waals surface area (Å²) in [6.45, 7) is 14.1. The molecule has 1 heterocycles. The van der Waals surface area contributed by atoms with Crippen molar-refractivity contribution in [3.8, 4) is 0 Å². The molecular formula is C36H50O13. The summed E-state index contributed by atoms with van der Waals surface area (Å²) in [6, 6.07) is 0. The second-order valence-electron chi connectivity index (χ2n) is 15.2. The zero-order chi connectivity index (χ0) is 36.1. The minimum absolute atomic E-state index is 0.0917. The Morgan fingerprint density at radius 2 is 1.33 bits per heavy atom. The van der Waals surface area contributed by atoms with Gasteiger partial charge >= 0.3 is 35.8 Å². The molecule has 0 aromatic rings. The minimum Gasteiger partial charge on any atom is -0.463 e. The molecule has 4 saturated carbocycles. The third-order valence-electron chi connectivity index (χ3n) is 12.1. The van der Waals surface area contributed by atoms with E-state index in [2.05, 4.69) is 13.5 Å². The van der Waals surface area contributed by atoms with Gasteiger partial charge in [0.05, 0.1) is 5.41 Å². The molecule has 5 rings (SSSR count). The van der Waals surface area contributed by atoms with Crippen molar-refractivity contribution in [2.45, 2.75) is 137 Å². The zero-order valence-electron chi connectivity index (χ0n) is 29.6. The molecule has 1 saturated heterocycles. The van der Waals surface area contributed by atoms with Crippen molar-refractivity contribution in [1.82, 2.24) is 0 Å². The summed E-state index contributed by atoms with van der Waals surface area (Å²) in [5.41, 5.74) is -0.489. The summed E-state index contributed by atoms with van der Waals surface area (Å²) in [5.74, 6) is -3.44. The van der Waals surface area contributed by atoms with Gasteiger partial charge in [-0.05, 0) is 80.6 Å². The van der Waals surface area contributed by atoms with Crippen molar-refractivity contribution in [3.63, 3.8) is 0 Å². The average molecular weight is 691 g/mol. The van der Waals surface area contributed by atoms with Crippen LogP contribution in [0.15, 0.2) is 12.2 Å². The first kappa shape index (κ1) is 36.8. The molecule has 0 unspecified atom stereocenters. The molecule has 0 aromatic carbocycles. The maximum Gasteiger partial charge on any atom is 0.314 e. The molecule has 5 aliphatic rings. The number of carbonyl (C=O) groups is 6. The lowest BCUT2D eigenvalue weighted by molar-refractivity contribution is -0.305. The van der Waals surface area contributed by atoms with Crippen LogP contribution in [0.4, 0.5) is 0 Å². The molecule has 1 aliphatic heterocycles. The molecular weight excluding hydrogens is 640 g/mol. The highest BCUT2D eigenvalue weighted by atomic mass is 16.7. The Hall–Kier alpha value is -3.48. The van der Waals surface area contributed by atoms with Gasteiger partial charge in [0, 0.05) is 40.0 Å². The third kappa shape index (κ3) is 6.71. The van der Waals surface area contributed by atoms with Crippen molar-refractivity contribution in [1.29, 1.82) is 0 Å². The van der Waals surface area contributed by atoms with Crippen molar-refractivity contribution in [3.05, 3.63) is 12.2 Å². The number of carbonyl (C=O) groups excluding carboxylic acids is 6. The van der Waals surface area contributed by atoms with Gasteiger partial charge in [0.2, 0.25) is 12.4 Å². The first-order chi connectivity index (χ1) is 22.9. The Bertz CT molecular complexity index is 1390. The molecule has 0 radical (unpaired) electrons. The van der Waals surface area contributed by atoms with Crippen LogP contribution in [-0.2, 0) is 61.9 Å². The van der Waals surface area contributed by atoms with Gasteiger partial charge in [-0.2, -0.15) is 0 Å². The molecule has 2 bridgehead atoms. The molecule has 5 fully saturated rings. The van der Waals surface area contributed by atoms with Crippen LogP contribution in [0.2, 0.25) is 0 Å². The summed E-state index contributed by atoms with van der Waals surface area (Å²) >= 11 is 0. The molecule has 1 spiro atoms. The average Bonchev–Trinajstić information content (AvgIpc) is 3.17. The predicted molar refractivity (Wildman–Crippen MR) is 169 cm³/mol. The van der Waals surface area contributed by atoms with Gasteiger partial charge in [0.15, 0.2) is 12.2 Å². The summed E-state index contributed by atoms with van der Waals surface area (Å²) in [6.07, 6.45) is -0.980. The van der Waals surface area contributed by atoms with Gasteiger partial charge in [-0.3, -0.25) is 28.8 Å². The Balaban J connectivity index is 1.46. The van der Waals surface area contributed by atoms with Crippen molar-refractivity contribution < 1.29 is 61.9 Å². The van der Waals surface area contributed by atoms with Crippen molar-refractivity contribution >= 4 is 35.8 Å². The van der Waals surface area contributed by atoms with Gasteiger partial charge in [0.25, 0.3) is 0 Å². The summed E-state index contributed by atoms with van der Waals surface area (Å²) < 4.78 is 39.9. The van der Waals surface area contributed by atoms with Crippen LogP contribution in [0.25, 0.3) is 0 Å². The third-order valence-corrected chi connectivity index (χ3v) is 12.1. The first-order valence-corrected chi connectivity index (χ1v) is 17.3. The van der Waals surface area contributed by atoms with E-state index in [1.807, 2.05) is 6.92 Å². The van der Waals surface area contributed by atoms with Gasteiger partial charge in [0.1, 0.15) is 18.8 Å². The molecule has 49 heavy (non-hydrogen) atoms. The first-order valence-electron chi connectivity index (χ1n) is 17.3. The number of hydrogen-bond donors (Lipinski definition) is 0. The van der Waals surface area contributed by atoms with E-state index in [1.165, 1.54) is 13.8 Å². The van der Waals surface area contributed by atoms with Crippen LogP contribution in [0, 0.1) is 34.0 Å². The fourth-order valence-electron chi connectivity index (χ4n) is 10.5. The van der Waals surface area contributed by atoms with Crippen LogP contribution in [-0.4, -0.2) is 79.2 Å². The number of fused-ring (bicyclic) bond motifs is 3. The fourth-order valence-corrected chi connectivity index (χ4v) is 10.5. The SMILES string of the molecule is C=C1[C@@H]2CC[C@@H]3[C@]4(C)CCC[C@@](C)(C(=O)O[C@@H]5O[C@H](COC(C)=O)[C@@H](OC(C)=O)[C@H](OC(C)=O)[C@H]5OC(C)=O)[C@H]4CC[C@]3(C2)[C@@H]1OC(C)=O. The largest absolute Gasteiger partial charge is 0.463 e. The standard InChI is InChI=1S/C36H50O13/c1-18-24-10-11-27-34(7)13-9-14-35(8,26(34)12-15-36(27,16-24)31(18)47-23(6)41)33(42)49-32-30(46-22(5)40)29(45-21(4)39)28(44-20(3)38)25(48-32)17-43-19(2)37/h24-32H,1,9-17H2,2-8H3/t24-,25-,26+,27-,28-,29+,30-,31-,32+,34-,35-,36-/m1/s1. The van der Waals surface area contributed by atoms with Crippen LogP contribution in [0.3, 0.4) is 0 Å². The van der Waals surface area contributed by atoms with Gasteiger partial charge in [-0.25, -0.2) is 0 Å². The van der Waals surface area contributed by atoms with E-state index in [4.69, 9.17) is 33.2 Å². The topological polar surface area (TPSA) is 167 Å². The predicted octanol–water partition coefficient (Wildman–Crippen LogP) is 4.12. The van der Waals surface area contributed by atoms with Gasteiger partial charge in [-0.1, -0.05) is 19.9 Å². The molecule has 0 N–H and O–H groups in total. The number of hydrogen-bond acceptors (Lipinski definition) is 13. The van der Waals surface area contributed by atoms with Crippen LogP contribution in [0.1, 0.15) is 99.8 Å². The van der Waals surface area contributed by atoms with E-state index in [9.17, 15) is 28.8 Å². The van der Waals surface area contributed by atoms with Gasteiger partial charge < -0.3 is 33.2 Å². The molecule has 272 valence electrons. The quantitative estimate of drug-likeness (QED) is 0.203. The summed E-state index contributed by atoms with van der Waals surface area (Å²) in [7, 11) is 0. The van der Waals surface area contributed by atoms with Crippen molar-refractivity contribution in [2.75, 3.05) is 6.61 Å². The van der Waals surface area contributed by atoms with E-state index < -0.39 is 72.6 Å². The second kappa shape index (κ2) is 13.7. The van der Waals surface area contributed by atoms with Crippen LogP contribution in [0.5, 0.6) is 0 Å². The van der Waals surface area contributed by atoms with E-state index in [-0.39, 0.29) is 34.7 Å². The van der Waals surface area contributed by atoms with Crippen molar-refractivity contribution in [2.24, 2.45) is 34.0 Å². The van der Waals surface area contributed by atoms with Gasteiger partial charge in [-0.15, -0.1) is 0 Å². The number of ether oxygens (including phenoxy) is 7. The highest BCUT2D eigenvalue weighted by Crippen LogP contribution is 2.72. The minimum atomic E-state index is -1.59. The second-order valence-corrected chi connectivity index (χ2v) is 15.2. The lowest BCUT2D eigenvalue weighted by Crippen LogP contribution is -2.64. The molecule has 12 atom stereocenters. The van der Waals surface area contributed by atoms with E-state index in [1.54, 1.807) is 0 Å². The summed E-state index contributed by atoms with van der Waals surface area (Å²) in [5, 5.41) is 0. The lowest BCUT2D eigenvalue weighted by Gasteiger charge is -2.64. The highest BCUT2D eigenvalue weighted by molar-refractivity contribution is 5.77. The van der Waals surface area contributed by atoms with E-state index >= 15 is 0 Å². The van der Waals surface area contributed by atoms with E-state index in [0.717, 1.165) is 64.9 Å². The Labute approximate surface area is 287 Å². The maximum atomic E-state index is 14.6. The molecule has 13 nitrogen and oxygen atoms in total. The fraction of sp³-hybridized carbons (Fsp3) is 0.778. The normalized spacial score (nSPS) is 40.9. The van der Waals surface area contributed by atoms with Crippen LogP contribution < -0.4 is 0 Å². The van der Waals surface area contributed by atoms with Crippen LogP contribution >= 0.6 is 0 Å². The smallest absolute Gasteiger partial charge is 0.314 e. The highest BCUT2D eigenvalue weighted by Gasteiger charge is 2.69. The Morgan fingerprint density at radius 1 is 0.714 bits per heavy atom. The monoisotopic (exact) mass is 690 g/mol. The molecule has 4 aliphatic carbocycles. The molecule has 13 heteroatoms. The Morgan fingerprint density at radius 3 is 1.94 bits per heavy atom. The van der Waals surface area contributed by atoms with E-state index in [0.29, 0.717) is 18.8 Å². The molecule has 0 amide bonds. The number of esters is 6. The summed E-state index contributed by atoms with van der Waals surface area (Å²) in [4.78, 5) is 75.3. The Kier molecular flexibility index (Phi) is 10.3. The molecule has 0 aromatic heterocycles. The lowest BCUT2D eigenvalue weighted by atomic mass is 9.40.